The van der Waals surface area contributed by atoms with Gasteiger partial charge in [0.1, 0.15) is 6.04 Å². The van der Waals surface area contributed by atoms with Gasteiger partial charge in [0.05, 0.1) is 4.92 Å². The second-order valence-corrected chi connectivity index (χ2v) is 4.63. The molecule has 8 heteroatoms. The number of nitrogens with zero attached hydrogens (tertiary/aromatic N) is 1. The van der Waals surface area contributed by atoms with Gasteiger partial charge in [0.2, 0.25) is 0 Å². The first-order chi connectivity index (χ1) is 9.40. The maximum Gasteiger partial charge on any atom is 0.326 e. The molecule has 0 aliphatic heterocycles. The van der Waals surface area contributed by atoms with Crippen LogP contribution in [0.1, 0.15) is 24.8 Å². The fourth-order valence-corrected chi connectivity index (χ4v) is 1.95. The third-order valence-electron chi connectivity index (χ3n) is 3.15. The zero-order valence-electron chi connectivity index (χ0n) is 10.3. The molecule has 0 heterocycles. The average molecular weight is 286 g/mol. The highest BCUT2D eigenvalue weighted by Crippen LogP contribution is 2.37. The summed E-state index contributed by atoms with van der Waals surface area (Å²) in [6, 6.07) is 2.01. The zero-order valence-corrected chi connectivity index (χ0v) is 10.3. The third-order valence-corrected chi connectivity index (χ3v) is 3.15. The van der Waals surface area contributed by atoms with Crippen LogP contribution in [0.4, 0.5) is 20.2 Å². The quantitative estimate of drug-likeness (QED) is 0.619. The number of nitrogens with one attached hydrogen (secondary N) is 1. The average Bonchev–Trinajstić information content (AvgIpc) is 3.19. The first-order valence-electron chi connectivity index (χ1n) is 5.96. The van der Waals surface area contributed by atoms with Gasteiger partial charge in [0.25, 0.3) is 12.1 Å². The Morgan fingerprint density at radius 1 is 1.45 bits per heavy atom. The van der Waals surface area contributed by atoms with Crippen LogP contribution in [-0.4, -0.2) is 22.0 Å². The Morgan fingerprint density at radius 2 is 2.10 bits per heavy atom. The molecule has 1 aromatic rings. The van der Waals surface area contributed by atoms with E-state index in [2.05, 4.69) is 5.32 Å². The summed E-state index contributed by atoms with van der Waals surface area (Å²) in [6.45, 7) is 0. The molecule has 1 unspecified atom stereocenters. The number of halogens is 2. The topological polar surface area (TPSA) is 92.5 Å². The van der Waals surface area contributed by atoms with E-state index in [0.29, 0.717) is 0 Å². The number of carboxylic acid groups (broad SMARTS) is 1. The molecule has 108 valence electrons. The normalized spacial score (nSPS) is 15.9. The lowest BCUT2D eigenvalue weighted by Gasteiger charge is -2.17. The molecule has 1 saturated carbocycles. The number of alkyl halides is 2. The van der Waals surface area contributed by atoms with Crippen LogP contribution in [-0.2, 0) is 4.79 Å². The molecular formula is C12H12F2N2O4. The lowest BCUT2D eigenvalue weighted by atomic mass is 10.1. The van der Waals surface area contributed by atoms with Gasteiger partial charge in [-0.2, -0.15) is 0 Å². The van der Waals surface area contributed by atoms with Gasteiger partial charge in [-0.25, -0.2) is 13.6 Å². The van der Waals surface area contributed by atoms with Crippen molar-refractivity contribution < 1.29 is 23.6 Å². The van der Waals surface area contributed by atoms with Gasteiger partial charge < -0.3 is 10.4 Å². The highest BCUT2D eigenvalue weighted by atomic mass is 19.3. The molecule has 0 radical (unpaired) electrons. The fourth-order valence-electron chi connectivity index (χ4n) is 1.95. The standard InChI is InChI=1S/C12H12F2N2O4/c13-11(14)8-5-7(16(19)20)3-4-9(8)15-10(12(17)18)6-1-2-6/h3-6,10-11,15H,1-2H2,(H,17,18). The smallest absolute Gasteiger partial charge is 0.326 e. The number of hydrogen-bond acceptors (Lipinski definition) is 4. The number of nitro benzene ring substituents is 1. The monoisotopic (exact) mass is 286 g/mol. The number of carboxylic acids is 1. The Kier molecular flexibility index (Phi) is 3.82. The van der Waals surface area contributed by atoms with E-state index >= 15 is 0 Å². The summed E-state index contributed by atoms with van der Waals surface area (Å²) in [5.74, 6) is -1.21. The summed E-state index contributed by atoms with van der Waals surface area (Å²) >= 11 is 0. The number of non-ortho nitro benzene ring substituents is 1. The van der Waals surface area contributed by atoms with E-state index in [1.165, 1.54) is 0 Å². The molecule has 0 spiro atoms. The van der Waals surface area contributed by atoms with E-state index in [9.17, 15) is 23.7 Å². The summed E-state index contributed by atoms with van der Waals surface area (Å²) in [4.78, 5) is 20.9. The number of hydrogen-bond donors (Lipinski definition) is 2. The Hall–Kier alpha value is -2.25. The molecule has 20 heavy (non-hydrogen) atoms. The molecule has 1 aliphatic rings. The van der Waals surface area contributed by atoms with E-state index in [1.807, 2.05) is 0 Å². The molecule has 2 rings (SSSR count). The molecule has 1 aliphatic carbocycles. The summed E-state index contributed by atoms with van der Waals surface area (Å²) in [7, 11) is 0. The van der Waals surface area contributed by atoms with Crippen molar-refractivity contribution in [3.8, 4) is 0 Å². The van der Waals surface area contributed by atoms with E-state index in [0.717, 1.165) is 31.0 Å². The predicted molar refractivity (Wildman–Crippen MR) is 65.8 cm³/mol. The summed E-state index contributed by atoms with van der Waals surface area (Å²) < 4.78 is 25.9. The van der Waals surface area contributed by atoms with Gasteiger partial charge in [-0.15, -0.1) is 0 Å². The molecule has 1 atom stereocenters. The Morgan fingerprint density at radius 3 is 2.55 bits per heavy atom. The van der Waals surface area contributed by atoms with Gasteiger partial charge in [-0.1, -0.05) is 0 Å². The zero-order chi connectivity index (χ0) is 14.9. The van der Waals surface area contributed by atoms with Crippen molar-refractivity contribution in [3.63, 3.8) is 0 Å². The van der Waals surface area contributed by atoms with E-state index in [1.54, 1.807) is 0 Å². The van der Waals surface area contributed by atoms with Crippen LogP contribution in [0.2, 0.25) is 0 Å². The van der Waals surface area contributed by atoms with Crippen LogP contribution in [0.3, 0.4) is 0 Å². The van der Waals surface area contributed by atoms with E-state index < -0.39 is 34.6 Å². The molecule has 0 amide bonds. The molecule has 2 N–H and O–H groups in total. The number of rotatable bonds is 6. The van der Waals surface area contributed by atoms with Crippen molar-refractivity contribution in [2.24, 2.45) is 5.92 Å². The third kappa shape index (κ3) is 3.01. The molecule has 0 saturated heterocycles. The summed E-state index contributed by atoms with van der Waals surface area (Å²) in [5, 5.41) is 22.2. The maximum absolute atomic E-state index is 12.9. The molecule has 6 nitrogen and oxygen atoms in total. The molecule has 0 bridgehead atoms. The van der Waals surface area contributed by atoms with Crippen molar-refractivity contribution in [3.05, 3.63) is 33.9 Å². The Bertz CT molecular complexity index is 546. The second kappa shape index (κ2) is 5.40. The van der Waals surface area contributed by atoms with Crippen LogP contribution in [0, 0.1) is 16.0 Å². The maximum atomic E-state index is 12.9. The second-order valence-electron chi connectivity index (χ2n) is 4.63. The van der Waals surface area contributed by atoms with Crippen LogP contribution in [0.25, 0.3) is 0 Å². The van der Waals surface area contributed by atoms with Crippen molar-refractivity contribution in [1.82, 2.24) is 0 Å². The highest BCUT2D eigenvalue weighted by molar-refractivity contribution is 5.79. The first-order valence-corrected chi connectivity index (χ1v) is 5.96. The fraction of sp³-hybridized carbons (Fsp3) is 0.417. The van der Waals surface area contributed by atoms with Crippen molar-refractivity contribution in [2.45, 2.75) is 25.3 Å². The van der Waals surface area contributed by atoms with Gasteiger partial charge in [0.15, 0.2) is 0 Å². The minimum atomic E-state index is -2.92. The van der Waals surface area contributed by atoms with Crippen LogP contribution in [0.15, 0.2) is 18.2 Å². The molecule has 0 aromatic heterocycles. The van der Waals surface area contributed by atoms with Crippen molar-refractivity contribution >= 4 is 17.3 Å². The highest BCUT2D eigenvalue weighted by Gasteiger charge is 2.37. The van der Waals surface area contributed by atoms with Crippen LogP contribution >= 0.6 is 0 Å². The van der Waals surface area contributed by atoms with Crippen molar-refractivity contribution in [1.29, 1.82) is 0 Å². The Balaban J connectivity index is 2.30. The largest absolute Gasteiger partial charge is 0.480 e. The van der Waals surface area contributed by atoms with Crippen LogP contribution < -0.4 is 5.32 Å². The van der Waals surface area contributed by atoms with Gasteiger partial charge >= 0.3 is 5.97 Å². The summed E-state index contributed by atoms with van der Waals surface area (Å²) in [5.41, 5.74) is -1.10. The van der Waals surface area contributed by atoms with Gasteiger partial charge in [0, 0.05) is 23.4 Å². The van der Waals surface area contributed by atoms with Crippen molar-refractivity contribution in [2.75, 3.05) is 5.32 Å². The molecule has 1 aromatic carbocycles. The minimum Gasteiger partial charge on any atom is -0.480 e. The number of benzene rings is 1. The lowest BCUT2D eigenvalue weighted by Crippen LogP contribution is -2.31. The SMILES string of the molecule is O=C(O)C(Nc1ccc([N+](=O)[O-])cc1C(F)F)C1CC1. The van der Waals surface area contributed by atoms with E-state index in [-0.39, 0.29) is 11.6 Å². The minimum absolute atomic E-state index is 0.0788. The predicted octanol–water partition coefficient (Wildman–Crippen LogP) is 2.81. The number of anilines is 1. The number of carbonyl (C=O) groups is 1. The first kappa shape index (κ1) is 14.2. The van der Waals surface area contributed by atoms with Gasteiger partial charge in [-0.05, 0) is 24.8 Å². The Labute approximate surface area is 112 Å². The molecule has 1 fully saturated rings. The number of aliphatic carboxylic acids is 1. The van der Waals surface area contributed by atoms with Crippen LogP contribution in [0.5, 0.6) is 0 Å². The molecular weight excluding hydrogens is 274 g/mol. The van der Waals surface area contributed by atoms with E-state index in [4.69, 9.17) is 5.11 Å². The lowest BCUT2D eigenvalue weighted by molar-refractivity contribution is -0.385. The van der Waals surface area contributed by atoms with Gasteiger partial charge in [-0.3, -0.25) is 10.1 Å². The number of nitro groups is 1. The summed E-state index contributed by atoms with van der Waals surface area (Å²) in [6.07, 6.45) is -1.48.